The van der Waals surface area contributed by atoms with Gasteiger partial charge >= 0.3 is 0 Å². The number of carbonyl (C=O) groups excluding carboxylic acids is 1. The Hall–Kier alpha value is -1.62. The molecule has 1 aromatic rings. The summed E-state index contributed by atoms with van der Waals surface area (Å²) in [7, 11) is 0. The minimum absolute atomic E-state index is 0.0765. The number of pyridine rings is 1. The van der Waals surface area contributed by atoms with Crippen LogP contribution >= 0.6 is 0 Å². The molecule has 3 rings (SSSR count). The van der Waals surface area contributed by atoms with E-state index in [0.29, 0.717) is 6.61 Å². The average Bonchev–Trinajstić information content (AvgIpc) is 3.03. The van der Waals surface area contributed by atoms with Crippen molar-refractivity contribution in [3.8, 4) is 5.75 Å². The largest absolute Gasteiger partial charge is 0.490 e. The molecule has 20 heavy (non-hydrogen) atoms. The van der Waals surface area contributed by atoms with Crippen LogP contribution in [0.15, 0.2) is 24.5 Å². The van der Waals surface area contributed by atoms with Crippen LogP contribution in [0.25, 0.3) is 0 Å². The Morgan fingerprint density at radius 3 is 2.65 bits per heavy atom. The summed E-state index contributed by atoms with van der Waals surface area (Å²) in [5.41, 5.74) is 0. The third kappa shape index (κ3) is 3.10. The van der Waals surface area contributed by atoms with Crippen LogP contribution in [0.4, 0.5) is 0 Å². The smallest absolute Gasteiger partial charge is 0.228 e. The third-order valence-corrected chi connectivity index (χ3v) is 3.99. The van der Waals surface area contributed by atoms with Gasteiger partial charge < -0.3 is 14.4 Å². The molecule has 5 nitrogen and oxygen atoms in total. The quantitative estimate of drug-likeness (QED) is 0.839. The first-order valence-corrected chi connectivity index (χ1v) is 7.26. The topological polar surface area (TPSA) is 51.7 Å². The lowest BCUT2D eigenvalue weighted by atomic mass is 10.0. The molecule has 2 aliphatic heterocycles. The second-order valence-corrected chi connectivity index (χ2v) is 5.39. The van der Waals surface area contributed by atoms with E-state index in [1.807, 2.05) is 17.0 Å². The van der Waals surface area contributed by atoms with Crippen molar-refractivity contribution in [1.82, 2.24) is 9.88 Å². The van der Waals surface area contributed by atoms with Crippen molar-refractivity contribution in [2.45, 2.75) is 25.4 Å². The van der Waals surface area contributed by atoms with E-state index < -0.39 is 0 Å². The van der Waals surface area contributed by atoms with Gasteiger partial charge in [-0.25, -0.2) is 0 Å². The molecule has 2 fully saturated rings. The number of piperidine rings is 1. The molecule has 0 bridgehead atoms. The monoisotopic (exact) mass is 276 g/mol. The molecule has 108 valence electrons. The van der Waals surface area contributed by atoms with Gasteiger partial charge in [0, 0.05) is 44.9 Å². The van der Waals surface area contributed by atoms with Gasteiger partial charge in [-0.2, -0.15) is 0 Å². The summed E-state index contributed by atoms with van der Waals surface area (Å²) in [5.74, 6) is 1.19. The van der Waals surface area contributed by atoms with Gasteiger partial charge in [-0.3, -0.25) is 9.78 Å². The van der Waals surface area contributed by atoms with Crippen molar-refractivity contribution in [3.63, 3.8) is 0 Å². The highest BCUT2D eigenvalue weighted by Crippen LogP contribution is 2.21. The second kappa shape index (κ2) is 6.22. The van der Waals surface area contributed by atoms with Gasteiger partial charge in [-0.05, 0) is 18.6 Å². The van der Waals surface area contributed by atoms with Crippen LogP contribution < -0.4 is 4.74 Å². The molecule has 1 atom stereocenters. The standard InChI is InChI=1S/C15H20N2O3/c18-15(12-5-10-19-11-12)17-8-3-14(4-9-17)20-13-1-6-16-7-2-13/h1-2,6-7,12,14H,3-5,8-11H2. The number of likely N-dealkylation sites (tertiary alicyclic amines) is 1. The zero-order valence-corrected chi connectivity index (χ0v) is 11.5. The third-order valence-electron chi connectivity index (χ3n) is 3.99. The van der Waals surface area contributed by atoms with Gasteiger partial charge in [0.25, 0.3) is 0 Å². The van der Waals surface area contributed by atoms with Crippen molar-refractivity contribution in [2.75, 3.05) is 26.3 Å². The lowest BCUT2D eigenvalue weighted by Gasteiger charge is -2.33. The fraction of sp³-hybridized carbons (Fsp3) is 0.600. The lowest BCUT2D eigenvalue weighted by molar-refractivity contribution is -0.137. The summed E-state index contributed by atoms with van der Waals surface area (Å²) in [6.07, 6.45) is 6.30. The molecule has 1 aromatic heterocycles. The Labute approximate surface area is 118 Å². The van der Waals surface area contributed by atoms with Crippen LogP contribution in [0.5, 0.6) is 5.75 Å². The molecular formula is C15H20N2O3. The zero-order chi connectivity index (χ0) is 13.8. The summed E-state index contributed by atoms with van der Waals surface area (Å²) in [4.78, 5) is 18.2. The molecule has 0 aliphatic carbocycles. The van der Waals surface area contributed by atoms with Crippen LogP contribution in [0.2, 0.25) is 0 Å². The van der Waals surface area contributed by atoms with Crippen molar-refractivity contribution in [3.05, 3.63) is 24.5 Å². The molecule has 0 radical (unpaired) electrons. The molecule has 2 saturated heterocycles. The van der Waals surface area contributed by atoms with Crippen LogP contribution in [0, 0.1) is 5.92 Å². The Bertz CT molecular complexity index is 438. The number of ether oxygens (including phenoxy) is 2. The van der Waals surface area contributed by atoms with Crippen LogP contribution in [-0.2, 0) is 9.53 Å². The molecule has 0 saturated carbocycles. The maximum atomic E-state index is 12.3. The van der Waals surface area contributed by atoms with E-state index in [4.69, 9.17) is 9.47 Å². The Morgan fingerprint density at radius 2 is 2.00 bits per heavy atom. The lowest BCUT2D eigenvalue weighted by Crippen LogP contribution is -2.44. The minimum atomic E-state index is 0.0765. The molecule has 0 spiro atoms. The van der Waals surface area contributed by atoms with Crippen LogP contribution in [0.3, 0.4) is 0 Å². The zero-order valence-electron chi connectivity index (χ0n) is 11.5. The van der Waals surface area contributed by atoms with E-state index in [9.17, 15) is 4.79 Å². The van der Waals surface area contributed by atoms with E-state index >= 15 is 0 Å². The number of hydrogen-bond donors (Lipinski definition) is 0. The van der Waals surface area contributed by atoms with Crippen molar-refractivity contribution < 1.29 is 14.3 Å². The summed E-state index contributed by atoms with van der Waals surface area (Å²) in [6.45, 7) is 2.88. The highest BCUT2D eigenvalue weighted by molar-refractivity contribution is 5.79. The number of aromatic nitrogens is 1. The SMILES string of the molecule is O=C(C1CCOC1)N1CCC(Oc2ccncc2)CC1. The van der Waals surface area contributed by atoms with E-state index in [0.717, 1.165) is 44.7 Å². The summed E-state index contributed by atoms with van der Waals surface area (Å²) in [6, 6.07) is 3.74. The van der Waals surface area contributed by atoms with Gasteiger partial charge in [0.1, 0.15) is 11.9 Å². The van der Waals surface area contributed by atoms with Crippen LogP contribution in [0.1, 0.15) is 19.3 Å². The number of carbonyl (C=O) groups is 1. The number of amides is 1. The Morgan fingerprint density at radius 1 is 1.25 bits per heavy atom. The second-order valence-electron chi connectivity index (χ2n) is 5.39. The molecule has 1 amide bonds. The summed E-state index contributed by atoms with van der Waals surface area (Å²) in [5, 5.41) is 0. The van der Waals surface area contributed by atoms with Crippen molar-refractivity contribution in [2.24, 2.45) is 5.92 Å². The Kier molecular flexibility index (Phi) is 4.16. The van der Waals surface area contributed by atoms with Gasteiger partial charge in [0.15, 0.2) is 0 Å². The van der Waals surface area contributed by atoms with E-state index in [2.05, 4.69) is 4.98 Å². The van der Waals surface area contributed by atoms with Crippen LogP contribution in [-0.4, -0.2) is 48.2 Å². The minimum Gasteiger partial charge on any atom is -0.490 e. The van der Waals surface area contributed by atoms with Gasteiger partial charge in [0.2, 0.25) is 5.91 Å². The molecule has 3 heterocycles. The normalized spacial score (nSPS) is 23.8. The summed E-state index contributed by atoms with van der Waals surface area (Å²) >= 11 is 0. The molecule has 5 heteroatoms. The predicted octanol–water partition coefficient (Wildman–Crippen LogP) is 1.49. The van der Waals surface area contributed by atoms with Crippen molar-refractivity contribution in [1.29, 1.82) is 0 Å². The van der Waals surface area contributed by atoms with Gasteiger partial charge in [-0.15, -0.1) is 0 Å². The fourth-order valence-corrected chi connectivity index (χ4v) is 2.79. The van der Waals surface area contributed by atoms with E-state index in [-0.39, 0.29) is 17.9 Å². The number of hydrogen-bond acceptors (Lipinski definition) is 4. The molecule has 1 unspecified atom stereocenters. The summed E-state index contributed by atoms with van der Waals surface area (Å²) < 4.78 is 11.2. The predicted molar refractivity (Wildman–Crippen MR) is 73.4 cm³/mol. The molecule has 0 N–H and O–H groups in total. The highest BCUT2D eigenvalue weighted by atomic mass is 16.5. The van der Waals surface area contributed by atoms with E-state index in [1.165, 1.54) is 0 Å². The first kappa shape index (κ1) is 13.4. The van der Waals surface area contributed by atoms with E-state index in [1.54, 1.807) is 12.4 Å². The van der Waals surface area contributed by atoms with Crippen molar-refractivity contribution >= 4 is 5.91 Å². The molecule has 0 aromatic carbocycles. The average molecular weight is 276 g/mol. The fourth-order valence-electron chi connectivity index (χ4n) is 2.79. The first-order valence-electron chi connectivity index (χ1n) is 7.26. The number of rotatable bonds is 3. The maximum absolute atomic E-state index is 12.3. The maximum Gasteiger partial charge on any atom is 0.228 e. The molecular weight excluding hydrogens is 256 g/mol. The number of nitrogens with zero attached hydrogens (tertiary/aromatic N) is 2. The first-order chi connectivity index (χ1) is 9.83. The Balaban J connectivity index is 1.48. The van der Waals surface area contributed by atoms with Gasteiger partial charge in [0.05, 0.1) is 12.5 Å². The highest BCUT2D eigenvalue weighted by Gasteiger charge is 2.31. The van der Waals surface area contributed by atoms with Gasteiger partial charge in [-0.1, -0.05) is 0 Å². The molecule has 2 aliphatic rings.